The molecular formula is C37H28ClN5O4S. The fourth-order valence-corrected chi connectivity index (χ4v) is 6.20. The average molecular weight is 674 g/mol. The van der Waals surface area contributed by atoms with Crippen LogP contribution < -0.4 is 24.3 Å². The van der Waals surface area contributed by atoms with Gasteiger partial charge in [-0.05, 0) is 72.3 Å². The first-order valence-corrected chi connectivity index (χ1v) is 16.1. The fourth-order valence-electron chi connectivity index (χ4n) is 5.10. The highest BCUT2D eigenvalue weighted by atomic mass is 35.5. The molecule has 0 spiro atoms. The minimum absolute atomic E-state index is 0.255. The summed E-state index contributed by atoms with van der Waals surface area (Å²) in [6, 6.07) is 30.7. The Bertz CT molecular complexity index is 2370. The molecule has 7 rings (SSSR count). The summed E-state index contributed by atoms with van der Waals surface area (Å²) in [6.45, 7) is 0.356. The van der Waals surface area contributed by atoms with Crippen molar-refractivity contribution in [3.8, 4) is 34.2 Å². The van der Waals surface area contributed by atoms with E-state index in [1.165, 1.54) is 15.9 Å². The van der Waals surface area contributed by atoms with Gasteiger partial charge in [0.1, 0.15) is 18.1 Å². The summed E-state index contributed by atoms with van der Waals surface area (Å²) >= 11 is 7.56. The summed E-state index contributed by atoms with van der Waals surface area (Å²) in [6.07, 6.45) is 7.37. The van der Waals surface area contributed by atoms with Crippen molar-refractivity contribution >= 4 is 46.1 Å². The van der Waals surface area contributed by atoms with Crippen molar-refractivity contribution in [1.29, 1.82) is 0 Å². The number of ether oxygens (including phenoxy) is 3. The van der Waals surface area contributed by atoms with E-state index >= 15 is 0 Å². The lowest BCUT2D eigenvalue weighted by Crippen LogP contribution is -2.23. The number of hydrogen-bond acceptors (Lipinski definition) is 8. The Labute approximate surface area is 284 Å². The number of methoxy groups -OCH3 is 2. The van der Waals surface area contributed by atoms with Crippen LogP contribution >= 0.6 is 22.9 Å². The molecule has 0 saturated heterocycles. The predicted molar refractivity (Wildman–Crippen MR) is 189 cm³/mol. The maximum atomic E-state index is 13.5. The number of para-hydroxylation sites is 1. The molecule has 0 aliphatic carbocycles. The minimum atomic E-state index is -0.255. The topological polar surface area (TPSA) is 92.8 Å². The monoisotopic (exact) mass is 673 g/mol. The molecule has 0 amide bonds. The van der Waals surface area contributed by atoms with Crippen molar-refractivity contribution in [2.45, 2.75) is 6.61 Å². The molecule has 3 heterocycles. The third kappa shape index (κ3) is 6.44. The van der Waals surface area contributed by atoms with E-state index in [1.807, 2.05) is 120 Å². The van der Waals surface area contributed by atoms with Crippen LogP contribution in [-0.2, 0) is 6.61 Å². The first-order valence-electron chi connectivity index (χ1n) is 14.9. The van der Waals surface area contributed by atoms with E-state index in [9.17, 15) is 4.79 Å². The predicted octanol–water partition coefficient (Wildman–Crippen LogP) is 6.97. The van der Waals surface area contributed by atoms with Gasteiger partial charge in [-0.2, -0.15) is 14.6 Å². The van der Waals surface area contributed by atoms with Gasteiger partial charge in [0, 0.05) is 27.9 Å². The molecule has 11 heteroatoms. The van der Waals surface area contributed by atoms with Crippen molar-refractivity contribution in [3.63, 3.8) is 0 Å². The Balaban J connectivity index is 1.19. The third-order valence-corrected chi connectivity index (χ3v) is 8.89. The van der Waals surface area contributed by atoms with Crippen molar-refractivity contribution in [2.75, 3.05) is 14.2 Å². The molecule has 0 N–H and O–H groups in total. The average Bonchev–Trinajstić information content (AvgIpc) is 3.81. The summed E-state index contributed by atoms with van der Waals surface area (Å²) in [5.41, 5.74) is 4.80. The number of fused-ring (bicyclic) bond motifs is 1. The number of nitrogens with zero attached hydrogens (tertiary/aromatic N) is 5. The van der Waals surface area contributed by atoms with Crippen molar-refractivity contribution < 1.29 is 14.2 Å². The zero-order valence-electron chi connectivity index (χ0n) is 25.9. The van der Waals surface area contributed by atoms with Crippen LogP contribution in [0.4, 0.5) is 0 Å². The molecule has 0 aliphatic heterocycles. The van der Waals surface area contributed by atoms with Gasteiger partial charge in [0.05, 0.1) is 24.4 Å². The molecule has 3 aromatic heterocycles. The van der Waals surface area contributed by atoms with Crippen molar-refractivity contribution in [2.24, 2.45) is 0 Å². The molecule has 0 fully saturated rings. The maximum Gasteiger partial charge on any atom is 0.291 e. The molecule has 48 heavy (non-hydrogen) atoms. The largest absolute Gasteiger partial charge is 0.493 e. The van der Waals surface area contributed by atoms with Gasteiger partial charge in [-0.25, -0.2) is 4.68 Å². The van der Waals surface area contributed by atoms with Gasteiger partial charge in [0.15, 0.2) is 17.3 Å². The van der Waals surface area contributed by atoms with Crippen molar-refractivity contribution in [1.82, 2.24) is 24.4 Å². The van der Waals surface area contributed by atoms with Gasteiger partial charge < -0.3 is 14.2 Å². The van der Waals surface area contributed by atoms with E-state index in [2.05, 4.69) is 10.1 Å². The first kappa shape index (κ1) is 30.9. The number of aromatic nitrogens is 5. The van der Waals surface area contributed by atoms with E-state index in [-0.39, 0.29) is 5.56 Å². The molecule has 0 aliphatic rings. The number of rotatable bonds is 10. The second-order valence-corrected chi connectivity index (χ2v) is 12.1. The van der Waals surface area contributed by atoms with Gasteiger partial charge in [0.25, 0.3) is 5.56 Å². The van der Waals surface area contributed by atoms with E-state index in [0.717, 1.165) is 27.9 Å². The SMILES string of the molecule is COc1ccc(/C=C/c2nc3s/c(=C\c4cn(-c5ccccc5)nc4-c4ccc(OCc5ccccc5Cl)cc4)c(=O)n3n2)cc1OC. The molecule has 238 valence electrons. The summed E-state index contributed by atoms with van der Waals surface area (Å²) in [7, 11) is 3.18. The van der Waals surface area contributed by atoms with E-state index < -0.39 is 0 Å². The van der Waals surface area contributed by atoms with Crippen molar-refractivity contribution in [3.05, 3.63) is 146 Å². The Hall–Kier alpha value is -5.71. The third-order valence-electron chi connectivity index (χ3n) is 7.56. The molecule has 0 unspecified atom stereocenters. The zero-order valence-corrected chi connectivity index (χ0v) is 27.5. The van der Waals surface area contributed by atoms with Crippen LogP contribution in [-0.4, -0.2) is 38.6 Å². The van der Waals surface area contributed by atoms with E-state index in [0.29, 0.717) is 49.9 Å². The zero-order chi connectivity index (χ0) is 33.0. The number of benzene rings is 4. The highest BCUT2D eigenvalue weighted by Gasteiger charge is 2.15. The summed E-state index contributed by atoms with van der Waals surface area (Å²) in [4.78, 5) is 18.6. The molecule has 9 nitrogen and oxygen atoms in total. The fraction of sp³-hybridized carbons (Fsp3) is 0.0811. The lowest BCUT2D eigenvalue weighted by molar-refractivity contribution is 0.306. The van der Waals surface area contributed by atoms with E-state index in [1.54, 1.807) is 20.3 Å². The van der Waals surface area contributed by atoms with Crippen LogP contribution in [0, 0.1) is 0 Å². The lowest BCUT2D eigenvalue weighted by Gasteiger charge is -2.08. The van der Waals surface area contributed by atoms with Crippen LogP contribution in [0.15, 0.2) is 108 Å². The minimum Gasteiger partial charge on any atom is -0.493 e. The highest BCUT2D eigenvalue weighted by Crippen LogP contribution is 2.29. The van der Waals surface area contributed by atoms with Crippen LogP contribution in [0.1, 0.15) is 22.5 Å². The Morgan fingerprint density at radius 1 is 0.854 bits per heavy atom. The van der Waals surface area contributed by atoms with Crippen LogP contribution in [0.3, 0.4) is 0 Å². The normalized spacial score (nSPS) is 11.9. The molecule has 7 aromatic rings. The second-order valence-electron chi connectivity index (χ2n) is 10.6. The van der Waals surface area contributed by atoms with Crippen LogP contribution in [0.2, 0.25) is 5.02 Å². The maximum absolute atomic E-state index is 13.5. The molecular weight excluding hydrogens is 646 g/mol. The first-order chi connectivity index (χ1) is 23.5. The quantitative estimate of drug-likeness (QED) is 0.155. The Kier molecular flexibility index (Phi) is 8.74. The van der Waals surface area contributed by atoms with Crippen LogP contribution in [0.25, 0.3) is 40.1 Å². The van der Waals surface area contributed by atoms with Gasteiger partial charge in [-0.3, -0.25) is 4.79 Å². The summed E-state index contributed by atoms with van der Waals surface area (Å²) < 4.78 is 20.3. The molecule has 0 radical (unpaired) electrons. The lowest BCUT2D eigenvalue weighted by atomic mass is 10.1. The van der Waals surface area contributed by atoms with Gasteiger partial charge in [-0.1, -0.05) is 71.5 Å². The number of halogens is 1. The molecule has 0 saturated carbocycles. The molecule has 0 atom stereocenters. The standard InChI is InChI=1S/C37H28ClN5O4S/c1-45-31-18-12-24(20-32(31)46-2)13-19-34-39-37-43(40-34)36(44)33(48-37)21-27-22-42(28-9-4-3-5-10-28)41-35(27)25-14-16-29(17-15-25)47-23-26-8-6-7-11-30(26)38/h3-22H,23H2,1-2H3/b19-13+,33-21-. The molecule has 0 bridgehead atoms. The highest BCUT2D eigenvalue weighted by molar-refractivity contribution is 7.15. The smallest absolute Gasteiger partial charge is 0.291 e. The van der Waals surface area contributed by atoms with Gasteiger partial charge >= 0.3 is 0 Å². The van der Waals surface area contributed by atoms with Crippen LogP contribution in [0.5, 0.6) is 17.2 Å². The number of thiazole rings is 1. The second kappa shape index (κ2) is 13.6. The van der Waals surface area contributed by atoms with Gasteiger partial charge in [-0.15, -0.1) is 5.10 Å². The van der Waals surface area contributed by atoms with Gasteiger partial charge in [0.2, 0.25) is 4.96 Å². The molecule has 4 aromatic carbocycles. The summed E-state index contributed by atoms with van der Waals surface area (Å²) in [5.74, 6) is 2.39. The summed E-state index contributed by atoms with van der Waals surface area (Å²) in [5, 5.41) is 10.0. The Morgan fingerprint density at radius 2 is 1.62 bits per heavy atom. The Morgan fingerprint density at radius 3 is 2.38 bits per heavy atom. The van der Waals surface area contributed by atoms with E-state index in [4.69, 9.17) is 30.9 Å². The number of hydrogen-bond donors (Lipinski definition) is 0.